The Morgan fingerprint density at radius 1 is 1.38 bits per heavy atom. The highest BCUT2D eigenvalue weighted by atomic mass is 16.2. The molecular weight excluding hydrogens is 264 g/mol. The zero-order valence-corrected chi connectivity index (χ0v) is 12.1. The van der Waals surface area contributed by atoms with E-state index in [4.69, 9.17) is 5.11 Å². The summed E-state index contributed by atoms with van der Waals surface area (Å²) in [5.74, 6) is 7.27. The van der Waals surface area contributed by atoms with Crippen LogP contribution in [0.2, 0.25) is 0 Å². The average Bonchev–Trinajstić information content (AvgIpc) is 3.08. The highest BCUT2D eigenvalue weighted by Gasteiger charge is 2.38. The third-order valence-corrected chi connectivity index (χ3v) is 4.52. The van der Waals surface area contributed by atoms with Crippen molar-refractivity contribution in [1.82, 2.24) is 9.88 Å². The first kappa shape index (κ1) is 14.1. The van der Waals surface area contributed by atoms with Gasteiger partial charge in [0.1, 0.15) is 0 Å². The van der Waals surface area contributed by atoms with Gasteiger partial charge in [-0.05, 0) is 30.7 Å². The zero-order chi connectivity index (χ0) is 14.7. The van der Waals surface area contributed by atoms with Crippen LogP contribution >= 0.6 is 0 Å². The van der Waals surface area contributed by atoms with Crippen LogP contribution in [0.4, 0.5) is 0 Å². The second-order valence-electron chi connectivity index (χ2n) is 5.86. The van der Waals surface area contributed by atoms with Gasteiger partial charge in [-0.3, -0.25) is 9.78 Å². The van der Waals surface area contributed by atoms with Crippen LogP contribution in [0.5, 0.6) is 0 Å². The zero-order valence-electron chi connectivity index (χ0n) is 12.1. The monoisotopic (exact) mass is 284 g/mol. The first-order chi connectivity index (χ1) is 10.3. The SMILES string of the molecule is O=C(c1ccncc1C#CCCO)N1CC2CCCC2C1. The molecule has 0 spiro atoms. The minimum atomic E-state index is 0.0338. The van der Waals surface area contributed by atoms with Gasteiger partial charge in [-0.25, -0.2) is 0 Å². The predicted octanol–water partition coefficient (Wildman–Crippen LogP) is 1.69. The van der Waals surface area contributed by atoms with Gasteiger partial charge in [0.05, 0.1) is 17.7 Å². The lowest BCUT2D eigenvalue weighted by Gasteiger charge is -2.18. The Morgan fingerprint density at radius 2 is 2.14 bits per heavy atom. The highest BCUT2D eigenvalue weighted by molar-refractivity contribution is 5.96. The fourth-order valence-electron chi connectivity index (χ4n) is 3.47. The standard InChI is InChI=1S/C17H20N2O2/c20-9-2-1-4-13-10-18-8-7-16(13)17(21)19-11-14-5-3-6-15(14)12-19/h7-8,10,14-15,20H,2-3,5-6,9,11-12H2. The van der Waals surface area contributed by atoms with Gasteiger partial charge < -0.3 is 10.0 Å². The molecule has 110 valence electrons. The molecule has 4 heteroatoms. The van der Waals surface area contributed by atoms with E-state index >= 15 is 0 Å². The summed E-state index contributed by atoms with van der Waals surface area (Å²) in [6.45, 7) is 1.80. The number of nitrogens with zero attached hydrogens (tertiary/aromatic N) is 2. The minimum Gasteiger partial charge on any atom is -0.395 e. The Morgan fingerprint density at radius 3 is 2.86 bits per heavy atom. The largest absolute Gasteiger partial charge is 0.395 e. The number of carbonyl (C=O) groups is 1. The molecule has 0 bridgehead atoms. The molecule has 1 saturated heterocycles. The first-order valence-corrected chi connectivity index (χ1v) is 7.62. The number of fused-ring (bicyclic) bond motifs is 1. The molecule has 4 nitrogen and oxygen atoms in total. The predicted molar refractivity (Wildman–Crippen MR) is 79.6 cm³/mol. The van der Waals surface area contributed by atoms with E-state index in [0.29, 0.717) is 29.4 Å². The summed E-state index contributed by atoms with van der Waals surface area (Å²) in [5, 5.41) is 8.79. The molecule has 2 heterocycles. The Labute approximate surface area is 125 Å². The van der Waals surface area contributed by atoms with Crippen LogP contribution in [0.3, 0.4) is 0 Å². The van der Waals surface area contributed by atoms with Gasteiger partial charge in [-0.1, -0.05) is 18.3 Å². The fourth-order valence-corrected chi connectivity index (χ4v) is 3.47. The van der Waals surface area contributed by atoms with Crippen molar-refractivity contribution in [3.05, 3.63) is 29.6 Å². The number of aliphatic hydroxyl groups excluding tert-OH is 1. The van der Waals surface area contributed by atoms with Gasteiger partial charge >= 0.3 is 0 Å². The molecule has 1 aromatic rings. The molecule has 1 N–H and O–H groups in total. The molecule has 0 radical (unpaired) electrons. The summed E-state index contributed by atoms with van der Waals surface area (Å²) < 4.78 is 0. The summed E-state index contributed by atoms with van der Waals surface area (Å²) in [5.41, 5.74) is 1.29. The number of pyridine rings is 1. The maximum Gasteiger partial charge on any atom is 0.255 e. The van der Waals surface area contributed by atoms with E-state index in [0.717, 1.165) is 13.1 Å². The number of aromatic nitrogens is 1. The third-order valence-electron chi connectivity index (χ3n) is 4.52. The van der Waals surface area contributed by atoms with E-state index < -0.39 is 0 Å². The van der Waals surface area contributed by atoms with Crippen molar-refractivity contribution in [3.8, 4) is 11.8 Å². The summed E-state index contributed by atoms with van der Waals surface area (Å²) in [6.07, 6.45) is 7.51. The highest BCUT2D eigenvalue weighted by Crippen LogP contribution is 2.38. The fraction of sp³-hybridized carbons (Fsp3) is 0.529. The molecule has 1 aliphatic heterocycles. The summed E-state index contributed by atoms with van der Waals surface area (Å²) in [6, 6.07) is 1.75. The molecule has 2 atom stereocenters. The Kier molecular flexibility index (Phi) is 4.21. The number of carbonyl (C=O) groups excluding carboxylic acids is 1. The Hall–Kier alpha value is -1.86. The van der Waals surface area contributed by atoms with Gasteiger partial charge in [-0.2, -0.15) is 0 Å². The topological polar surface area (TPSA) is 53.4 Å². The number of rotatable bonds is 2. The normalized spacial score (nSPS) is 23.6. The van der Waals surface area contributed by atoms with Crippen LogP contribution < -0.4 is 0 Å². The van der Waals surface area contributed by atoms with E-state index in [9.17, 15) is 4.79 Å². The van der Waals surface area contributed by atoms with Crippen LogP contribution in [0.15, 0.2) is 18.5 Å². The molecular formula is C17H20N2O2. The van der Waals surface area contributed by atoms with Crippen LogP contribution in [0, 0.1) is 23.7 Å². The van der Waals surface area contributed by atoms with E-state index in [1.165, 1.54) is 19.3 Å². The van der Waals surface area contributed by atoms with E-state index in [1.807, 2.05) is 4.90 Å². The quantitative estimate of drug-likeness (QED) is 0.841. The lowest BCUT2D eigenvalue weighted by molar-refractivity contribution is 0.0780. The number of hydrogen-bond donors (Lipinski definition) is 1. The maximum absolute atomic E-state index is 12.7. The first-order valence-electron chi connectivity index (χ1n) is 7.62. The lowest BCUT2D eigenvalue weighted by Crippen LogP contribution is -2.30. The van der Waals surface area contributed by atoms with Gasteiger partial charge in [0, 0.05) is 31.9 Å². The van der Waals surface area contributed by atoms with Crippen molar-refractivity contribution in [2.24, 2.45) is 11.8 Å². The van der Waals surface area contributed by atoms with E-state index in [-0.39, 0.29) is 12.5 Å². The second-order valence-corrected chi connectivity index (χ2v) is 5.86. The molecule has 2 fully saturated rings. The van der Waals surface area contributed by atoms with E-state index in [1.54, 1.807) is 18.5 Å². The van der Waals surface area contributed by atoms with Crippen LogP contribution in [0.25, 0.3) is 0 Å². The molecule has 0 aromatic carbocycles. The summed E-state index contributed by atoms with van der Waals surface area (Å²) >= 11 is 0. The molecule has 1 aromatic heterocycles. The van der Waals surface area contributed by atoms with Crippen LogP contribution in [-0.4, -0.2) is 40.6 Å². The smallest absolute Gasteiger partial charge is 0.255 e. The molecule has 3 rings (SSSR count). The Balaban J connectivity index is 1.77. The molecule has 1 amide bonds. The second kappa shape index (κ2) is 6.28. The van der Waals surface area contributed by atoms with Crippen molar-refractivity contribution in [2.45, 2.75) is 25.7 Å². The molecule has 21 heavy (non-hydrogen) atoms. The van der Waals surface area contributed by atoms with Crippen molar-refractivity contribution in [3.63, 3.8) is 0 Å². The van der Waals surface area contributed by atoms with Gasteiger partial charge in [0.25, 0.3) is 5.91 Å². The van der Waals surface area contributed by atoms with Crippen molar-refractivity contribution in [2.75, 3.05) is 19.7 Å². The Bertz CT molecular complexity index is 576. The van der Waals surface area contributed by atoms with Crippen molar-refractivity contribution < 1.29 is 9.90 Å². The van der Waals surface area contributed by atoms with Gasteiger partial charge in [0.15, 0.2) is 0 Å². The average molecular weight is 284 g/mol. The lowest BCUT2D eigenvalue weighted by atomic mass is 10.0. The van der Waals surface area contributed by atoms with Gasteiger partial charge in [0.2, 0.25) is 0 Å². The number of hydrogen-bond acceptors (Lipinski definition) is 3. The number of amides is 1. The number of likely N-dealkylation sites (tertiary alicyclic amines) is 1. The van der Waals surface area contributed by atoms with Crippen molar-refractivity contribution in [1.29, 1.82) is 0 Å². The van der Waals surface area contributed by atoms with Crippen molar-refractivity contribution >= 4 is 5.91 Å². The molecule has 2 aliphatic rings. The molecule has 1 saturated carbocycles. The third kappa shape index (κ3) is 2.93. The van der Waals surface area contributed by atoms with Gasteiger partial charge in [-0.15, -0.1) is 0 Å². The molecule has 2 unspecified atom stereocenters. The maximum atomic E-state index is 12.7. The molecule has 1 aliphatic carbocycles. The number of aliphatic hydroxyl groups is 1. The minimum absolute atomic E-state index is 0.0338. The van der Waals surface area contributed by atoms with Crippen LogP contribution in [0.1, 0.15) is 41.6 Å². The van der Waals surface area contributed by atoms with Crippen LogP contribution in [-0.2, 0) is 0 Å². The summed E-state index contributed by atoms with van der Waals surface area (Å²) in [4.78, 5) is 18.7. The van der Waals surface area contributed by atoms with E-state index in [2.05, 4.69) is 16.8 Å². The summed E-state index contributed by atoms with van der Waals surface area (Å²) in [7, 11) is 0.